The molecular formula is C20H29N3OS. The van der Waals surface area contributed by atoms with E-state index in [9.17, 15) is 4.79 Å². The normalized spacial score (nSPS) is 25.8. The molecular weight excluding hydrogens is 330 g/mol. The fraction of sp³-hybridized carbons (Fsp3) is 0.700. The Balaban J connectivity index is 1.30. The fourth-order valence-electron chi connectivity index (χ4n) is 4.71. The molecule has 2 aliphatic carbocycles. The zero-order chi connectivity index (χ0) is 17.3. The number of thiazole rings is 1. The standard InChI is InChI=1S/C20H29N3OS/c1-22(15-18-21-10-13-25-18)17-14-20(17)8-11-23(12-9-20)19(24)16-6-4-2-3-5-7-16/h6,10,13,17H,2-5,7-9,11-12,14-15H2,1H3/t17-/m0/s1. The molecule has 1 saturated heterocycles. The third-order valence-electron chi connectivity index (χ3n) is 6.41. The van der Waals surface area contributed by atoms with E-state index in [4.69, 9.17) is 0 Å². The van der Waals surface area contributed by atoms with Crippen LogP contribution in [0.25, 0.3) is 0 Å². The Kier molecular flexibility index (Phi) is 4.96. The molecule has 2 heterocycles. The maximum atomic E-state index is 12.8. The predicted molar refractivity (Wildman–Crippen MR) is 101 cm³/mol. The van der Waals surface area contributed by atoms with Crippen LogP contribution in [0.4, 0.5) is 0 Å². The van der Waals surface area contributed by atoms with Gasteiger partial charge in [0.1, 0.15) is 5.01 Å². The molecule has 5 heteroatoms. The number of likely N-dealkylation sites (tertiary alicyclic amines) is 1. The highest BCUT2D eigenvalue weighted by Crippen LogP contribution is 2.56. The summed E-state index contributed by atoms with van der Waals surface area (Å²) in [6.45, 7) is 2.84. The van der Waals surface area contributed by atoms with Gasteiger partial charge in [-0.1, -0.05) is 12.5 Å². The SMILES string of the molecule is CN(Cc1nccs1)[C@H]1CC12CCN(C(=O)C1=CCCCCC1)CC2. The molecule has 1 aromatic heterocycles. The van der Waals surface area contributed by atoms with Gasteiger partial charge in [-0.3, -0.25) is 9.69 Å². The number of carbonyl (C=O) groups is 1. The van der Waals surface area contributed by atoms with Crippen LogP contribution in [0.15, 0.2) is 23.2 Å². The quantitative estimate of drug-likeness (QED) is 0.819. The molecule has 1 amide bonds. The summed E-state index contributed by atoms with van der Waals surface area (Å²) in [6, 6.07) is 0.672. The van der Waals surface area contributed by atoms with Gasteiger partial charge in [0.2, 0.25) is 5.91 Å². The molecule has 0 aromatic carbocycles. The minimum absolute atomic E-state index is 0.324. The van der Waals surface area contributed by atoms with E-state index >= 15 is 0 Å². The highest BCUT2D eigenvalue weighted by atomic mass is 32.1. The second-order valence-corrected chi connectivity index (χ2v) is 9.02. The molecule has 136 valence electrons. The highest BCUT2D eigenvalue weighted by molar-refractivity contribution is 7.09. The molecule has 0 bridgehead atoms. The molecule has 0 N–H and O–H groups in total. The molecule has 4 rings (SSSR count). The molecule has 1 aliphatic heterocycles. The molecule has 1 spiro atoms. The molecule has 0 unspecified atom stereocenters. The summed E-state index contributed by atoms with van der Waals surface area (Å²) in [4.78, 5) is 21.8. The van der Waals surface area contributed by atoms with Crippen molar-refractivity contribution < 1.29 is 4.79 Å². The van der Waals surface area contributed by atoms with Crippen LogP contribution in [0.1, 0.15) is 56.4 Å². The lowest BCUT2D eigenvalue weighted by Gasteiger charge is -2.34. The van der Waals surface area contributed by atoms with E-state index in [1.165, 1.54) is 43.5 Å². The largest absolute Gasteiger partial charge is 0.339 e. The fourth-order valence-corrected chi connectivity index (χ4v) is 5.39. The van der Waals surface area contributed by atoms with E-state index in [2.05, 4.69) is 33.3 Å². The minimum Gasteiger partial charge on any atom is -0.339 e. The summed E-state index contributed by atoms with van der Waals surface area (Å²) in [7, 11) is 2.23. The van der Waals surface area contributed by atoms with Crippen molar-refractivity contribution in [2.45, 2.75) is 64.0 Å². The summed E-state index contributed by atoms with van der Waals surface area (Å²) in [6.07, 6.45) is 13.5. The van der Waals surface area contributed by atoms with Crippen LogP contribution < -0.4 is 0 Å². The van der Waals surface area contributed by atoms with E-state index in [1.807, 2.05) is 6.20 Å². The highest BCUT2D eigenvalue weighted by Gasteiger charge is 2.56. The summed E-state index contributed by atoms with van der Waals surface area (Å²) >= 11 is 1.74. The van der Waals surface area contributed by atoms with E-state index in [1.54, 1.807) is 11.3 Å². The van der Waals surface area contributed by atoms with Crippen molar-refractivity contribution in [1.82, 2.24) is 14.8 Å². The van der Waals surface area contributed by atoms with Crippen LogP contribution in [0.3, 0.4) is 0 Å². The minimum atomic E-state index is 0.324. The number of carbonyl (C=O) groups excluding carboxylic acids is 1. The van der Waals surface area contributed by atoms with Crippen molar-refractivity contribution in [3.05, 3.63) is 28.2 Å². The van der Waals surface area contributed by atoms with Gasteiger partial charge in [-0.05, 0) is 57.4 Å². The van der Waals surface area contributed by atoms with Crippen molar-refractivity contribution >= 4 is 17.2 Å². The van der Waals surface area contributed by atoms with Crippen molar-refractivity contribution in [2.24, 2.45) is 5.41 Å². The van der Waals surface area contributed by atoms with Gasteiger partial charge in [0.25, 0.3) is 0 Å². The molecule has 25 heavy (non-hydrogen) atoms. The smallest absolute Gasteiger partial charge is 0.249 e. The van der Waals surface area contributed by atoms with Crippen molar-refractivity contribution in [3.8, 4) is 0 Å². The number of hydrogen-bond acceptors (Lipinski definition) is 4. The maximum absolute atomic E-state index is 12.8. The average Bonchev–Trinajstić information content (AvgIpc) is 3.21. The monoisotopic (exact) mass is 359 g/mol. The van der Waals surface area contributed by atoms with Crippen LogP contribution in [-0.4, -0.2) is 46.9 Å². The zero-order valence-corrected chi connectivity index (χ0v) is 16.1. The van der Waals surface area contributed by atoms with Gasteiger partial charge >= 0.3 is 0 Å². The molecule has 3 aliphatic rings. The Morgan fingerprint density at radius 1 is 1.36 bits per heavy atom. The van der Waals surface area contributed by atoms with Gasteiger partial charge in [0, 0.05) is 36.3 Å². The first-order valence-corrected chi connectivity index (χ1v) is 10.6. The van der Waals surface area contributed by atoms with E-state index < -0.39 is 0 Å². The van der Waals surface area contributed by atoms with Gasteiger partial charge in [-0.15, -0.1) is 11.3 Å². The number of amides is 1. The summed E-state index contributed by atoms with van der Waals surface area (Å²) < 4.78 is 0. The van der Waals surface area contributed by atoms with Crippen LogP contribution in [0.5, 0.6) is 0 Å². The molecule has 2 fully saturated rings. The average molecular weight is 360 g/mol. The van der Waals surface area contributed by atoms with Crippen molar-refractivity contribution in [3.63, 3.8) is 0 Å². The van der Waals surface area contributed by atoms with E-state index in [-0.39, 0.29) is 0 Å². The number of piperidine rings is 1. The van der Waals surface area contributed by atoms with Crippen LogP contribution in [0, 0.1) is 5.41 Å². The number of rotatable bonds is 4. The number of nitrogens with zero attached hydrogens (tertiary/aromatic N) is 3. The lowest BCUT2D eigenvalue weighted by atomic mass is 9.91. The van der Waals surface area contributed by atoms with Gasteiger partial charge in [0.15, 0.2) is 0 Å². The van der Waals surface area contributed by atoms with Crippen LogP contribution in [0.2, 0.25) is 0 Å². The third kappa shape index (κ3) is 3.68. The molecule has 0 radical (unpaired) electrons. The van der Waals surface area contributed by atoms with Crippen molar-refractivity contribution in [1.29, 1.82) is 0 Å². The van der Waals surface area contributed by atoms with Crippen molar-refractivity contribution in [2.75, 3.05) is 20.1 Å². The van der Waals surface area contributed by atoms with Gasteiger partial charge in [-0.2, -0.15) is 0 Å². The summed E-state index contributed by atoms with van der Waals surface area (Å²) in [5, 5.41) is 3.26. The Morgan fingerprint density at radius 3 is 2.96 bits per heavy atom. The third-order valence-corrected chi connectivity index (χ3v) is 7.17. The maximum Gasteiger partial charge on any atom is 0.249 e. The Labute approximate surface area is 154 Å². The first-order chi connectivity index (χ1) is 12.2. The van der Waals surface area contributed by atoms with Gasteiger partial charge < -0.3 is 4.90 Å². The van der Waals surface area contributed by atoms with Crippen LogP contribution in [-0.2, 0) is 11.3 Å². The predicted octanol–water partition coefficient (Wildman–Crippen LogP) is 3.85. The Bertz CT molecular complexity index is 631. The van der Waals surface area contributed by atoms with Crippen LogP contribution >= 0.6 is 11.3 Å². The lowest BCUT2D eigenvalue weighted by molar-refractivity contribution is -0.129. The number of aromatic nitrogens is 1. The van der Waals surface area contributed by atoms with Gasteiger partial charge in [0.05, 0.1) is 6.54 Å². The molecule has 4 nitrogen and oxygen atoms in total. The van der Waals surface area contributed by atoms with E-state index in [0.29, 0.717) is 17.4 Å². The number of hydrogen-bond donors (Lipinski definition) is 0. The molecule has 1 saturated carbocycles. The van der Waals surface area contributed by atoms with Gasteiger partial charge in [-0.25, -0.2) is 4.98 Å². The Morgan fingerprint density at radius 2 is 2.20 bits per heavy atom. The molecule has 1 aromatic rings. The topological polar surface area (TPSA) is 36.4 Å². The summed E-state index contributed by atoms with van der Waals surface area (Å²) in [5.74, 6) is 0.324. The second-order valence-electron chi connectivity index (χ2n) is 8.04. The molecule has 1 atom stereocenters. The first kappa shape index (κ1) is 17.2. The lowest BCUT2D eigenvalue weighted by Crippen LogP contribution is -2.41. The first-order valence-electron chi connectivity index (χ1n) is 9.75. The van der Waals surface area contributed by atoms with E-state index in [0.717, 1.165) is 38.0 Å². The summed E-state index contributed by atoms with van der Waals surface area (Å²) in [5.41, 5.74) is 1.54. The second kappa shape index (κ2) is 7.20. The Hall–Kier alpha value is -1.20. The number of allylic oxidation sites excluding steroid dienone is 1. The zero-order valence-electron chi connectivity index (χ0n) is 15.2.